The normalized spacial score (nSPS) is 21.6. The molecule has 0 aromatic carbocycles. The van der Waals surface area contributed by atoms with Crippen LogP contribution in [0, 0.1) is 23.7 Å². The van der Waals surface area contributed by atoms with E-state index in [1.54, 1.807) is 0 Å². The standard InChI is InChI=1S/C28H50O7/c1-19(2)10-6-11-20(3)12-7-13-21(4)14-8-15-22(5)16-9-17-24(30)34-18-23(29)27-25(31)26(32)28(33)35-27/h19-23,26-27,29,32H,6-18H2,1-5H3/t20?,21?,22?,23-,26?,27+/m0/s1. The Labute approximate surface area is 212 Å². The van der Waals surface area contributed by atoms with E-state index in [0.717, 1.165) is 30.6 Å². The Hall–Kier alpha value is -1.47. The van der Waals surface area contributed by atoms with E-state index in [2.05, 4.69) is 39.4 Å². The van der Waals surface area contributed by atoms with Gasteiger partial charge in [-0.05, 0) is 30.1 Å². The highest BCUT2D eigenvalue weighted by atomic mass is 16.6. The van der Waals surface area contributed by atoms with Gasteiger partial charge >= 0.3 is 11.9 Å². The van der Waals surface area contributed by atoms with E-state index < -0.39 is 42.6 Å². The van der Waals surface area contributed by atoms with E-state index in [0.29, 0.717) is 12.3 Å². The van der Waals surface area contributed by atoms with Crippen molar-refractivity contribution in [3.8, 4) is 0 Å². The third-order valence-corrected chi connectivity index (χ3v) is 7.12. The lowest BCUT2D eigenvalue weighted by molar-refractivity contribution is -0.156. The summed E-state index contributed by atoms with van der Waals surface area (Å²) in [5.74, 6) is 0.501. The van der Waals surface area contributed by atoms with Gasteiger partial charge in [-0.3, -0.25) is 9.59 Å². The maximum absolute atomic E-state index is 11.9. The smallest absolute Gasteiger partial charge is 0.343 e. The van der Waals surface area contributed by atoms with Gasteiger partial charge in [-0.1, -0.05) is 98.8 Å². The van der Waals surface area contributed by atoms with Crippen molar-refractivity contribution in [2.75, 3.05) is 6.61 Å². The van der Waals surface area contributed by atoms with Gasteiger partial charge in [-0.25, -0.2) is 4.79 Å². The van der Waals surface area contributed by atoms with Crippen molar-refractivity contribution < 1.29 is 34.1 Å². The molecule has 1 fully saturated rings. The van der Waals surface area contributed by atoms with Crippen LogP contribution in [0.1, 0.15) is 112 Å². The zero-order valence-electron chi connectivity index (χ0n) is 22.7. The van der Waals surface area contributed by atoms with Gasteiger partial charge in [-0.2, -0.15) is 0 Å². The van der Waals surface area contributed by atoms with Gasteiger partial charge in [0.15, 0.2) is 6.10 Å². The number of cyclic esters (lactones) is 1. The van der Waals surface area contributed by atoms with Crippen molar-refractivity contribution >= 4 is 17.7 Å². The molecule has 4 unspecified atom stereocenters. The van der Waals surface area contributed by atoms with Crippen molar-refractivity contribution in [1.82, 2.24) is 0 Å². The van der Waals surface area contributed by atoms with E-state index in [1.165, 1.54) is 51.4 Å². The second kappa shape index (κ2) is 17.1. The van der Waals surface area contributed by atoms with Crippen LogP contribution in [-0.2, 0) is 23.9 Å². The minimum absolute atomic E-state index is 0.240. The number of aliphatic hydroxyl groups excluding tert-OH is 2. The Balaban J connectivity index is 2.05. The van der Waals surface area contributed by atoms with Gasteiger partial charge in [0.2, 0.25) is 11.9 Å². The molecule has 7 heteroatoms. The average molecular weight is 499 g/mol. The summed E-state index contributed by atoms with van der Waals surface area (Å²) in [6, 6.07) is 0. The summed E-state index contributed by atoms with van der Waals surface area (Å²) in [6.07, 6.45) is 8.72. The van der Waals surface area contributed by atoms with Crippen LogP contribution in [0.4, 0.5) is 0 Å². The summed E-state index contributed by atoms with van der Waals surface area (Å²) in [7, 11) is 0. The topological polar surface area (TPSA) is 110 Å². The quantitative estimate of drug-likeness (QED) is 0.191. The summed E-state index contributed by atoms with van der Waals surface area (Å²) in [5.41, 5.74) is 0. The molecule has 204 valence electrons. The van der Waals surface area contributed by atoms with Crippen LogP contribution in [-0.4, -0.2) is 52.9 Å². The molecule has 0 spiro atoms. The van der Waals surface area contributed by atoms with E-state index in [4.69, 9.17) is 4.74 Å². The molecular weight excluding hydrogens is 448 g/mol. The molecule has 0 aromatic heterocycles. The number of esters is 2. The lowest BCUT2D eigenvalue weighted by Crippen LogP contribution is -2.38. The van der Waals surface area contributed by atoms with Crippen molar-refractivity contribution in [2.24, 2.45) is 23.7 Å². The van der Waals surface area contributed by atoms with Crippen LogP contribution in [0.5, 0.6) is 0 Å². The number of ketones is 1. The van der Waals surface area contributed by atoms with Gasteiger partial charge in [0.05, 0.1) is 0 Å². The maximum atomic E-state index is 11.9. The molecule has 0 aromatic rings. The highest BCUT2D eigenvalue weighted by Crippen LogP contribution is 2.23. The van der Waals surface area contributed by atoms with Gasteiger partial charge in [0.25, 0.3) is 0 Å². The molecule has 2 N–H and O–H groups in total. The fraction of sp³-hybridized carbons (Fsp3) is 0.893. The predicted molar refractivity (Wildman–Crippen MR) is 136 cm³/mol. The molecule has 6 atom stereocenters. The minimum atomic E-state index is -1.87. The molecule has 0 amide bonds. The van der Waals surface area contributed by atoms with Crippen molar-refractivity contribution in [3.63, 3.8) is 0 Å². The molecule has 0 bridgehead atoms. The van der Waals surface area contributed by atoms with Gasteiger partial charge in [0, 0.05) is 6.42 Å². The third-order valence-electron chi connectivity index (χ3n) is 7.12. The predicted octanol–water partition coefficient (Wildman–Crippen LogP) is 4.99. The third kappa shape index (κ3) is 13.4. The van der Waals surface area contributed by atoms with Crippen molar-refractivity contribution in [3.05, 3.63) is 0 Å². The molecular formula is C28H50O7. The summed E-state index contributed by atoms with van der Waals surface area (Å²) in [4.78, 5) is 34.7. The fourth-order valence-electron chi connectivity index (χ4n) is 4.66. The van der Waals surface area contributed by atoms with Gasteiger partial charge in [-0.15, -0.1) is 0 Å². The lowest BCUT2D eigenvalue weighted by atomic mass is 9.90. The SMILES string of the molecule is CC(C)CCCC(C)CCCC(C)CCCC(C)CCCC(=O)OC[C@H](O)[C@H]1OC(=O)C(O)C1=O. The number of aliphatic hydroxyl groups is 2. The number of ether oxygens (including phenoxy) is 2. The molecule has 1 saturated heterocycles. The first kappa shape index (κ1) is 31.6. The lowest BCUT2D eigenvalue weighted by Gasteiger charge is -2.17. The molecule has 7 nitrogen and oxygen atoms in total. The van der Waals surface area contributed by atoms with E-state index in [-0.39, 0.29) is 6.42 Å². The van der Waals surface area contributed by atoms with Crippen LogP contribution >= 0.6 is 0 Å². The Bertz CT molecular complexity index is 633. The van der Waals surface area contributed by atoms with Crippen LogP contribution in [0.25, 0.3) is 0 Å². The van der Waals surface area contributed by atoms with E-state index in [1.807, 2.05) is 0 Å². The Morgan fingerprint density at radius 1 is 0.829 bits per heavy atom. The zero-order valence-corrected chi connectivity index (χ0v) is 22.7. The number of rotatable bonds is 19. The first-order valence-corrected chi connectivity index (χ1v) is 13.8. The van der Waals surface area contributed by atoms with Crippen LogP contribution in [0.15, 0.2) is 0 Å². The minimum Gasteiger partial charge on any atom is -0.463 e. The summed E-state index contributed by atoms with van der Waals surface area (Å²) in [6.45, 7) is 11.1. The highest BCUT2D eigenvalue weighted by Gasteiger charge is 2.46. The largest absolute Gasteiger partial charge is 0.463 e. The molecule has 1 rings (SSSR count). The van der Waals surface area contributed by atoms with Crippen LogP contribution < -0.4 is 0 Å². The molecule has 0 aliphatic carbocycles. The Morgan fingerprint density at radius 3 is 1.71 bits per heavy atom. The van der Waals surface area contributed by atoms with Gasteiger partial charge in [0.1, 0.15) is 12.7 Å². The number of carbonyl (C=O) groups is 3. The van der Waals surface area contributed by atoms with Crippen LogP contribution in [0.2, 0.25) is 0 Å². The summed E-state index contributed by atoms with van der Waals surface area (Å²) in [5, 5.41) is 19.2. The molecule has 35 heavy (non-hydrogen) atoms. The number of hydrogen-bond acceptors (Lipinski definition) is 7. The zero-order chi connectivity index (χ0) is 26.4. The Morgan fingerprint density at radius 2 is 1.29 bits per heavy atom. The van der Waals surface area contributed by atoms with Crippen molar-refractivity contribution in [2.45, 2.75) is 130 Å². The van der Waals surface area contributed by atoms with Crippen LogP contribution in [0.3, 0.4) is 0 Å². The molecule has 0 radical (unpaired) electrons. The summed E-state index contributed by atoms with van der Waals surface area (Å²) < 4.78 is 9.62. The maximum Gasteiger partial charge on any atom is 0.343 e. The highest BCUT2D eigenvalue weighted by molar-refractivity contribution is 6.09. The second-order valence-electron chi connectivity index (χ2n) is 11.3. The first-order chi connectivity index (χ1) is 16.5. The molecule has 1 heterocycles. The van der Waals surface area contributed by atoms with E-state index in [9.17, 15) is 24.6 Å². The van der Waals surface area contributed by atoms with E-state index >= 15 is 0 Å². The molecule has 0 saturated carbocycles. The number of Topliss-reactive ketones (excluding diaryl/α,β-unsaturated/α-hetero) is 1. The second-order valence-corrected chi connectivity index (χ2v) is 11.3. The number of carbonyl (C=O) groups excluding carboxylic acids is 3. The average Bonchev–Trinajstić information content (AvgIpc) is 3.04. The Kier molecular flexibility index (Phi) is 15.4. The monoisotopic (exact) mass is 498 g/mol. The fourth-order valence-corrected chi connectivity index (χ4v) is 4.66. The van der Waals surface area contributed by atoms with Gasteiger partial charge < -0.3 is 19.7 Å². The van der Waals surface area contributed by atoms with Crippen molar-refractivity contribution in [1.29, 1.82) is 0 Å². The molecule has 1 aliphatic heterocycles. The molecule has 1 aliphatic rings. The number of hydrogen-bond donors (Lipinski definition) is 2. The summed E-state index contributed by atoms with van der Waals surface area (Å²) >= 11 is 0. The first-order valence-electron chi connectivity index (χ1n) is 13.8.